The molecule has 0 saturated heterocycles. The Balaban J connectivity index is 1.16. The second-order valence-electron chi connectivity index (χ2n) is 14.6. The molecule has 0 unspecified atom stereocenters. The van der Waals surface area contributed by atoms with Crippen molar-refractivity contribution in [1.29, 1.82) is 0 Å². The van der Waals surface area contributed by atoms with Gasteiger partial charge in [0, 0.05) is 16.3 Å². The molecular weight excluding hydrogens is 685 g/mol. The SMILES string of the molecule is Cc1ccc(-c2ccc3c(c2)c2cc(-c4ccc(C)cc4)ccc2n3-c2cccc3c2C(=O)N(c2ccc(-c4ccccc4)cc2-c2ccccc2)C3=O)cc1. The van der Waals surface area contributed by atoms with E-state index in [0.717, 1.165) is 66.3 Å². The van der Waals surface area contributed by atoms with Crippen molar-refractivity contribution >= 4 is 39.3 Å². The molecule has 10 rings (SSSR count). The number of rotatable bonds is 6. The number of amides is 2. The largest absolute Gasteiger partial charge is 0.308 e. The maximum absolute atomic E-state index is 15.0. The number of hydrogen-bond acceptors (Lipinski definition) is 2. The molecule has 56 heavy (non-hydrogen) atoms. The van der Waals surface area contributed by atoms with Crippen molar-refractivity contribution < 1.29 is 9.59 Å². The second kappa shape index (κ2) is 13.2. The van der Waals surface area contributed by atoms with E-state index in [4.69, 9.17) is 0 Å². The van der Waals surface area contributed by atoms with Crippen molar-refractivity contribution in [3.05, 3.63) is 204 Å². The van der Waals surface area contributed by atoms with Crippen LogP contribution >= 0.6 is 0 Å². The van der Waals surface area contributed by atoms with Gasteiger partial charge >= 0.3 is 0 Å². The Morgan fingerprint density at radius 3 is 1.41 bits per heavy atom. The second-order valence-corrected chi connectivity index (χ2v) is 14.6. The molecule has 0 N–H and O–H groups in total. The van der Waals surface area contributed by atoms with Crippen LogP contribution in [0.3, 0.4) is 0 Å². The van der Waals surface area contributed by atoms with Gasteiger partial charge < -0.3 is 4.57 Å². The van der Waals surface area contributed by atoms with Crippen LogP contribution in [-0.2, 0) is 0 Å². The van der Waals surface area contributed by atoms with Gasteiger partial charge in [0.2, 0.25) is 0 Å². The Labute approximate surface area is 325 Å². The van der Waals surface area contributed by atoms with Crippen LogP contribution in [0.4, 0.5) is 5.69 Å². The molecule has 2 amide bonds. The molecule has 0 spiro atoms. The van der Waals surface area contributed by atoms with Gasteiger partial charge in [-0.3, -0.25) is 9.59 Å². The van der Waals surface area contributed by atoms with E-state index in [9.17, 15) is 9.59 Å². The first-order valence-electron chi connectivity index (χ1n) is 18.9. The number of fused-ring (bicyclic) bond motifs is 4. The summed E-state index contributed by atoms with van der Waals surface area (Å²) in [4.78, 5) is 30.9. The van der Waals surface area contributed by atoms with Crippen LogP contribution in [0.2, 0.25) is 0 Å². The average Bonchev–Trinajstić information content (AvgIpc) is 3.71. The molecule has 1 aromatic heterocycles. The van der Waals surface area contributed by atoms with E-state index in [1.807, 2.05) is 72.8 Å². The first-order chi connectivity index (χ1) is 27.4. The predicted molar refractivity (Wildman–Crippen MR) is 230 cm³/mol. The third-order valence-electron chi connectivity index (χ3n) is 11.1. The lowest BCUT2D eigenvalue weighted by Gasteiger charge is -2.20. The minimum atomic E-state index is -0.340. The van der Waals surface area contributed by atoms with Gasteiger partial charge in [0.1, 0.15) is 0 Å². The van der Waals surface area contributed by atoms with Gasteiger partial charge in [-0.1, -0.05) is 145 Å². The minimum Gasteiger partial charge on any atom is -0.308 e. The monoisotopic (exact) mass is 720 g/mol. The number of carbonyl (C=O) groups excluding carboxylic acids is 2. The Morgan fingerprint density at radius 1 is 0.357 bits per heavy atom. The van der Waals surface area contributed by atoms with Crippen molar-refractivity contribution in [2.75, 3.05) is 4.90 Å². The van der Waals surface area contributed by atoms with Gasteiger partial charge in [-0.2, -0.15) is 0 Å². The third kappa shape index (κ3) is 5.46. The summed E-state index contributed by atoms with van der Waals surface area (Å²) in [5, 5.41) is 2.14. The summed E-state index contributed by atoms with van der Waals surface area (Å²) in [6.45, 7) is 4.20. The Bertz CT molecular complexity index is 2890. The number of benzene rings is 8. The molecule has 0 fully saturated rings. The zero-order valence-corrected chi connectivity index (χ0v) is 31.0. The summed E-state index contributed by atoms with van der Waals surface area (Å²) in [6, 6.07) is 62.0. The molecule has 9 aromatic rings. The fourth-order valence-corrected chi connectivity index (χ4v) is 8.20. The van der Waals surface area contributed by atoms with Crippen LogP contribution < -0.4 is 4.90 Å². The van der Waals surface area contributed by atoms with Gasteiger partial charge in [-0.25, -0.2) is 4.90 Å². The van der Waals surface area contributed by atoms with E-state index in [1.165, 1.54) is 16.0 Å². The fraction of sp³-hybridized carbons (Fsp3) is 0.0385. The third-order valence-corrected chi connectivity index (χ3v) is 11.1. The van der Waals surface area contributed by atoms with Crippen molar-refractivity contribution in [1.82, 2.24) is 4.57 Å². The molecule has 1 aliphatic rings. The van der Waals surface area contributed by atoms with E-state index in [1.54, 1.807) is 6.07 Å². The highest BCUT2D eigenvalue weighted by Crippen LogP contribution is 2.43. The Morgan fingerprint density at radius 2 is 0.839 bits per heavy atom. The number of aromatic nitrogens is 1. The highest BCUT2D eigenvalue weighted by atomic mass is 16.2. The molecule has 8 aromatic carbocycles. The minimum absolute atomic E-state index is 0.333. The quantitative estimate of drug-likeness (QED) is 0.161. The standard InChI is InChI=1S/C52H36N2O2/c1-33-16-20-36(21-17-33)40-25-28-47-44(31-40)45-32-41(37-22-18-34(2)19-23-37)26-29-48(45)53(47)49-15-9-14-42-50(49)52(56)54(51(42)55)46-27-24-39(35-10-5-3-6-11-35)30-43(46)38-12-7-4-8-13-38/h3-32H,1-2H3. The molecule has 0 aliphatic carbocycles. The van der Waals surface area contributed by atoms with E-state index in [-0.39, 0.29) is 11.8 Å². The summed E-state index contributed by atoms with van der Waals surface area (Å²) in [6.07, 6.45) is 0. The lowest BCUT2D eigenvalue weighted by Crippen LogP contribution is -2.30. The molecule has 0 radical (unpaired) electrons. The van der Waals surface area contributed by atoms with Crippen LogP contribution in [0.5, 0.6) is 0 Å². The molecule has 4 heteroatoms. The molecule has 0 atom stereocenters. The summed E-state index contributed by atoms with van der Waals surface area (Å²) >= 11 is 0. The molecule has 0 saturated carbocycles. The number of aryl methyl sites for hydroxylation is 2. The van der Waals surface area contributed by atoms with Gasteiger partial charge in [0.25, 0.3) is 11.8 Å². The Kier molecular flexibility index (Phi) is 7.86. The number of carbonyl (C=O) groups is 2. The summed E-state index contributed by atoms with van der Waals surface area (Å²) in [5.74, 6) is -0.673. The molecule has 4 nitrogen and oxygen atoms in total. The van der Waals surface area contributed by atoms with E-state index in [0.29, 0.717) is 22.5 Å². The van der Waals surface area contributed by atoms with Crippen molar-refractivity contribution in [3.8, 4) is 50.2 Å². The van der Waals surface area contributed by atoms with Gasteiger partial charge in [-0.05, 0) is 101 Å². The summed E-state index contributed by atoms with van der Waals surface area (Å²) in [5.41, 5.74) is 14.7. The van der Waals surface area contributed by atoms with Crippen molar-refractivity contribution in [2.24, 2.45) is 0 Å². The molecule has 2 heterocycles. The molecule has 266 valence electrons. The van der Waals surface area contributed by atoms with Crippen LogP contribution in [0.15, 0.2) is 182 Å². The first-order valence-corrected chi connectivity index (χ1v) is 18.9. The Hall–Kier alpha value is -7.30. The van der Waals surface area contributed by atoms with Crippen LogP contribution in [-0.4, -0.2) is 16.4 Å². The van der Waals surface area contributed by atoms with E-state index < -0.39 is 0 Å². The van der Waals surface area contributed by atoms with Crippen LogP contribution in [0, 0.1) is 13.8 Å². The van der Waals surface area contributed by atoms with Gasteiger partial charge in [-0.15, -0.1) is 0 Å². The fourth-order valence-electron chi connectivity index (χ4n) is 8.20. The van der Waals surface area contributed by atoms with E-state index in [2.05, 4.69) is 122 Å². The highest BCUT2D eigenvalue weighted by Gasteiger charge is 2.40. The summed E-state index contributed by atoms with van der Waals surface area (Å²) in [7, 11) is 0. The predicted octanol–water partition coefficient (Wildman–Crippen LogP) is 12.9. The molecule has 0 bridgehead atoms. The van der Waals surface area contributed by atoms with E-state index >= 15 is 0 Å². The maximum atomic E-state index is 15.0. The smallest absolute Gasteiger partial charge is 0.268 e. The lowest BCUT2D eigenvalue weighted by atomic mass is 9.97. The average molecular weight is 721 g/mol. The van der Waals surface area contributed by atoms with Gasteiger partial charge in [0.15, 0.2) is 0 Å². The number of nitrogens with zero attached hydrogens (tertiary/aromatic N) is 2. The van der Waals surface area contributed by atoms with Crippen molar-refractivity contribution in [2.45, 2.75) is 13.8 Å². The number of imide groups is 1. The van der Waals surface area contributed by atoms with Crippen LogP contribution in [0.1, 0.15) is 31.8 Å². The lowest BCUT2D eigenvalue weighted by molar-refractivity contribution is 0.0926. The zero-order chi connectivity index (χ0) is 37.9. The zero-order valence-electron chi connectivity index (χ0n) is 31.0. The van der Waals surface area contributed by atoms with Gasteiger partial charge in [0.05, 0.1) is 33.5 Å². The molecular formula is C52H36N2O2. The topological polar surface area (TPSA) is 42.3 Å². The number of anilines is 1. The number of hydrogen-bond donors (Lipinski definition) is 0. The summed E-state index contributed by atoms with van der Waals surface area (Å²) < 4.78 is 2.16. The maximum Gasteiger partial charge on any atom is 0.268 e. The molecule has 1 aliphatic heterocycles. The van der Waals surface area contributed by atoms with Crippen molar-refractivity contribution in [3.63, 3.8) is 0 Å². The highest BCUT2D eigenvalue weighted by molar-refractivity contribution is 6.36. The van der Waals surface area contributed by atoms with Crippen LogP contribution in [0.25, 0.3) is 72.0 Å². The normalized spacial score (nSPS) is 12.5. The first kappa shape index (κ1) is 33.3.